The van der Waals surface area contributed by atoms with E-state index in [4.69, 9.17) is 5.73 Å². The third kappa shape index (κ3) is 4.57. The molecule has 0 amide bonds. The van der Waals surface area contributed by atoms with Crippen molar-refractivity contribution in [3.63, 3.8) is 0 Å². The molecule has 1 heterocycles. The molecule has 0 atom stereocenters. The third-order valence-corrected chi connectivity index (χ3v) is 4.54. The monoisotopic (exact) mass is 344 g/mol. The quantitative estimate of drug-likeness (QED) is 0.788. The summed E-state index contributed by atoms with van der Waals surface area (Å²) in [6.07, 6.45) is 2.10. The number of nitrogens with zero attached hydrogens (tertiary/aromatic N) is 3. The second-order valence-corrected chi connectivity index (χ2v) is 7.06. The molecule has 0 aliphatic carbocycles. The maximum Gasteiger partial charge on any atom is 0.0767 e. The van der Waals surface area contributed by atoms with Gasteiger partial charge in [-0.3, -0.25) is 9.58 Å². The normalized spacial score (nSPS) is 12.4. The standard InChI is InChI=1S/C15H29BrN4/c1-6-8-20(11-15(3,4)10-17)9-13-14(16)12(7-2)18-19(13)5/h6-11,17H2,1-5H3. The van der Waals surface area contributed by atoms with Gasteiger partial charge in [0.1, 0.15) is 0 Å². The Balaban J connectivity index is 2.88. The van der Waals surface area contributed by atoms with Crippen molar-refractivity contribution < 1.29 is 0 Å². The highest BCUT2D eigenvalue weighted by molar-refractivity contribution is 9.10. The first kappa shape index (κ1) is 17.7. The molecular weight excluding hydrogens is 316 g/mol. The summed E-state index contributed by atoms with van der Waals surface area (Å²) < 4.78 is 3.16. The topological polar surface area (TPSA) is 47.1 Å². The molecule has 1 rings (SSSR count). The summed E-state index contributed by atoms with van der Waals surface area (Å²) in [5.41, 5.74) is 8.41. The molecule has 5 heteroatoms. The lowest BCUT2D eigenvalue weighted by Gasteiger charge is -2.31. The van der Waals surface area contributed by atoms with Crippen molar-refractivity contribution in [2.24, 2.45) is 18.2 Å². The SMILES string of the molecule is CCCN(Cc1c(Br)c(CC)nn1C)CC(C)(C)CN. The van der Waals surface area contributed by atoms with Crippen molar-refractivity contribution in [3.8, 4) is 0 Å². The highest BCUT2D eigenvalue weighted by Gasteiger charge is 2.22. The van der Waals surface area contributed by atoms with Crippen LogP contribution in [0.25, 0.3) is 0 Å². The van der Waals surface area contributed by atoms with Gasteiger partial charge in [0.15, 0.2) is 0 Å². The molecule has 0 saturated carbocycles. The van der Waals surface area contributed by atoms with E-state index in [0.717, 1.165) is 42.6 Å². The van der Waals surface area contributed by atoms with Gasteiger partial charge in [0.05, 0.1) is 15.9 Å². The van der Waals surface area contributed by atoms with E-state index in [1.165, 1.54) is 5.69 Å². The molecule has 116 valence electrons. The zero-order chi connectivity index (χ0) is 15.3. The van der Waals surface area contributed by atoms with Gasteiger partial charge in [-0.2, -0.15) is 5.10 Å². The van der Waals surface area contributed by atoms with Crippen molar-refractivity contribution in [2.45, 2.75) is 47.1 Å². The Kier molecular flexibility index (Phi) is 6.69. The molecule has 0 spiro atoms. The summed E-state index contributed by atoms with van der Waals surface area (Å²) in [5.74, 6) is 0. The Bertz CT molecular complexity index is 426. The summed E-state index contributed by atoms with van der Waals surface area (Å²) in [4.78, 5) is 2.48. The van der Waals surface area contributed by atoms with E-state index < -0.39 is 0 Å². The fraction of sp³-hybridized carbons (Fsp3) is 0.800. The van der Waals surface area contributed by atoms with Crippen LogP contribution in [0, 0.1) is 5.41 Å². The zero-order valence-electron chi connectivity index (χ0n) is 13.5. The molecule has 0 saturated heterocycles. The molecular formula is C15H29BrN4. The maximum atomic E-state index is 5.88. The van der Waals surface area contributed by atoms with Crippen LogP contribution in [0.3, 0.4) is 0 Å². The number of aryl methyl sites for hydroxylation is 2. The first-order valence-corrected chi connectivity index (χ1v) is 8.26. The van der Waals surface area contributed by atoms with E-state index in [-0.39, 0.29) is 5.41 Å². The van der Waals surface area contributed by atoms with Crippen LogP contribution in [0.2, 0.25) is 0 Å². The second-order valence-electron chi connectivity index (χ2n) is 6.26. The van der Waals surface area contributed by atoms with Gasteiger partial charge in [-0.25, -0.2) is 0 Å². The summed E-state index contributed by atoms with van der Waals surface area (Å²) in [6, 6.07) is 0. The summed E-state index contributed by atoms with van der Waals surface area (Å²) >= 11 is 3.70. The average molecular weight is 345 g/mol. The van der Waals surface area contributed by atoms with Gasteiger partial charge in [-0.1, -0.05) is 27.7 Å². The molecule has 0 aliphatic rings. The van der Waals surface area contributed by atoms with E-state index in [2.05, 4.69) is 53.6 Å². The van der Waals surface area contributed by atoms with E-state index in [1.807, 2.05) is 11.7 Å². The van der Waals surface area contributed by atoms with E-state index in [0.29, 0.717) is 6.54 Å². The molecule has 4 nitrogen and oxygen atoms in total. The Morgan fingerprint density at radius 1 is 1.35 bits per heavy atom. The molecule has 0 radical (unpaired) electrons. The summed E-state index contributed by atoms with van der Waals surface area (Å²) in [5, 5.41) is 4.58. The smallest absolute Gasteiger partial charge is 0.0767 e. The van der Waals surface area contributed by atoms with Crippen LogP contribution >= 0.6 is 15.9 Å². The third-order valence-electron chi connectivity index (χ3n) is 3.62. The predicted octanol–water partition coefficient (Wildman–Crippen LogP) is 2.94. The molecule has 0 fully saturated rings. The molecule has 0 bridgehead atoms. The fourth-order valence-corrected chi connectivity index (χ4v) is 3.15. The van der Waals surface area contributed by atoms with E-state index in [9.17, 15) is 0 Å². The van der Waals surface area contributed by atoms with Crippen LogP contribution in [0.5, 0.6) is 0 Å². The Labute approximate surface area is 131 Å². The number of rotatable bonds is 8. The predicted molar refractivity (Wildman–Crippen MR) is 88.7 cm³/mol. The van der Waals surface area contributed by atoms with Gasteiger partial charge in [0, 0.05) is 20.1 Å². The van der Waals surface area contributed by atoms with Crippen molar-refractivity contribution >= 4 is 15.9 Å². The van der Waals surface area contributed by atoms with E-state index in [1.54, 1.807) is 0 Å². The molecule has 20 heavy (non-hydrogen) atoms. The van der Waals surface area contributed by atoms with Gasteiger partial charge in [0.2, 0.25) is 0 Å². The molecule has 2 N–H and O–H groups in total. The van der Waals surface area contributed by atoms with Gasteiger partial charge < -0.3 is 5.73 Å². The van der Waals surface area contributed by atoms with Crippen molar-refractivity contribution in [1.29, 1.82) is 0 Å². The largest absolute Gasteiger partial charge is 0.330 e. The first-order valence-electron chi connectivity index (χ1n) is 7.47. The van der Waals surface area contributed by atoms with Crippen LogP contribution in [0.15, 0.2) is 4.47 Å². The van der Waals surface area contributed by atoms with Gasteiger partial charge in [-0.05, 0) is 47.3 Å². The van der Waals surface area contributed by atoms with Crippen LogP contribution in [0.4, 0.5) is 0 Å². The minimum atomic E-state index is 0.147. The van der Waals surface area contributed by atoms with Gasteiger partial charge in [-0.15, -0.1) is 0 Å². The Hall–Kier alpha value is -0.390. The highest BCUT2D eigenvalue weighted by Crippen LogP contribution is 2.24. The van der Waals surface area contributed by atoms with Crippen molar-refractivity contribution in [1.82, 2.24) is 14.7 Å². The molecule has 1 aromatic rings. The Morgan fingerprint density at radius 2 is 2.00 bits per heavy atom. The van der Waals surface area contributed by atoms with Crippen molar-refractivity contribution in [3.05, 3.63) is 15.9 Å². The lowest BCUT2D eigenvalue weighted by Crippen LogP contribution is -2.39. The maximum absolute atomic E-state index is 5.88. The number of aromatic nitrogens is 2. The van der Waals surface area contributed by atoms with E-state index >= 15 is 0 Å². The molecule has 0 aromatic carbocycles. The minimum Gasteiger partial charge on any atom is -0.330 e. The first-order chi connectivity index (χ1) is 9.34. The number of hydrogen-bond donors (Lipinski definition) is 1. The zero-order valence-corrected chi connectivity index (χ0v) is 15.1. The molecule has 0 unspecified atom stereocenters. The van der Waals surface area contributed by atoms with Crippen LogP contribution in [-0.2, 0) is 20.0 Å². The average Bonchev–Trinajstić information content (AvgIpc) is 2.66. The lowest BCUT2D eigenvalue weighted by atomic mass is 9.93. The van der Waals surface area contributed by atoms with Crippen LogP contribution in [0.1, 0.15) is 45.5 Å². The second kappa shape index (κ2) is 7.57. The van der Waals surface area contributed by atoms with Gasteiger partial charge >= 0.3 is 0 Å². The highest BCUT2D eigenvalue weighted by atomic mass is 79.9. The Morgan fingerprint density at radius 3 is 2.45 bits per heavy atom. The van der Waals surface area contributed by atoms with Crippen molar-refractivity contribution in [2.75, 3.05) is 19.6 Å². The fourth-order valence-electron chi connectivity index (χ4n) is 2.40. The number of hydrogen-bond acceptors (Lipinski definition) is 3. The van der Waals surface area contributed by atoms with Crippen LogP contribution < -0.4 is 5.73 Å². The van der Waals surface area contributed by atoms with Gasteiger partial charge in [0.25, 0.3) is 0 Å². The molecule has 0 aliphatic heterocycles. The van der Waals surface area contributed by atoms with Crippen LogP contribution in [-0.4, -0.2) is 34.3 Å². The summed E-state index contributed by atoms with van der Waals surface area (Å²) in [6.45, 7) is 12.5. The summed E-state index contributed by atoms with van der Waals surface area (Å²) in [7, 11) is 2.03. The minimum absolute atomic E-state index is 0.147. The molecule has 1 aromatic heterocycles. The lowest BCUT2D eigenvalue weighted by molar-refractivity contribution is 0.172. The number of halogens is 1. The number of nitrogens with two attached hydrogens (primary N) is 1.